The number of carbonyl (C=O) groups excluding carboxylic acids is 2. The summed E-state index contributed by atoms with van der Waals surface area (Å²) in [5.74, 6) is 0.662. The SMILES string of the molecule is CC(=O)NC1CCN(C(=O)c2ccc(-c3ccc(NC(C)C)nn3)cc2)C1. The van der Waals surface area contributed by atoms with E-state index in [1.807, 2.05) is 50.2 Å². The van der Waals surface area contributed by atoms with Crippen LogP contribution in [-0.2, 0) is 4.79 Å². The van der Waals surface area contributed by atoms with Gasteiger partial charge < -0.3 is 15.5 Å². The van der Waals surface area contributed by atoms with E-state index in [0.29, 0.717) is 24.7 Å². The molecular weight excluding hydrogens is 342 g/mol. The average Bonchev–Trinajstić information content (AvgIpc) is 3.09. The molecule has 1 unspecified atom stereocenters. The molecule has 2 N–H and O–H groups in total. The van der Waals surface area contributed by atoms with Gasteiger partial charge in [0, 0.05) is 43.2 Å². The molecule has 2 heterocycles. The molecule has 27 heavy (non-hydrogen) atoms. The Kier molecular flexibility index (Phi) is 5.69. The zero-order valence-electron chi connectivity index (χ0n) is 15.9. The standard InChI is InChI=1S/C20H25N5O2/c1-13(2)21-19-9-8-18(23-24-19)15-4-6-16(7-5-15)20(27)25-11-10-17(12-25)22-14(3)26/h4-9,13,17H,10-12H2,1-3H3,(H,21,24)(H,22,26). The zero-order chi connectivity index (χ0) is 19.4. The molecule has 2 amide bonds. The summed E-state index contributed by atoms with van der Waals surface area (Å²) in [6.07, 6.45) is 0.787. The molecule has 142 valence electrons. The smallest absolute Gasteiger partial charge is 0.253 e. The van der Waals surface area contributed by atoms with Crippen molar-refractivity contribution in [2.75, 3.05) is 18.4 Å². The third kappa shape index (κ3) is 4.81. The van der Waals surface area contributed by atoms with E-state index in [9.17, 15) is 9.59 Å². The van der Waals surface area contributed by atoms with E-state index >= 15 is 0 Å². The van der Waals surface area contributed by atoms with Crippen molar-refractivity contribution in [2.45, 2.75) is 39.3 Å². The van der Waals surface area contributed by atoms with Gasteiger partial charge in [0.2, 0.25) is 5.91 Å². The summed E-state index contributed by atoms with van der Waals surface area (Å²) < 4.78 is 0. The van der Waals surface area contributed by atoms with Crippen LogP contribution in [0.5, 0.6) is 0 Å². The summed E-state index contributed by atoms with van der Waals surface area (Å²) in [5, 5.41) is 14.5. The maximum Gasteiger partial charge on any atom is 0.253 e. The summed E-state index contributed by atoms with van der Waals surface area (Å²) in [6, 6.07) is 11.5. The first kappa shape index (κ1) is 18.8. The highest BCUT2D eigenvalue weighted by Gasteiger charge is 2.27. The van der Waals surface area contributed by atoms with Gasteiger partial charge in [-0.2, -0.15) is 0 Å². The predicted octanol–water partition coefficient (Wildman–Crippen LogP) is 2.31. The van der Waals surface area contributed by atoms with Crippen LogP contribution in [0.2, 0.25) is 0 Å². The molecule has 0 spiro atoms. The van der Waals surface area contributed by atoms with Crippen LogP contribution >= 0.6 is 0 Å². The fraction of sp³-hybridized carbons (Fsp3) is 0.400. The zero-order valence-corrected chi connectivity index (χ0v) is 15.9. The first-order chi connectivity index (χ1) is 12.9. The van der Waals surface area contributed by atoms with Crippen LogP contribution in [0.3, 0.4) is 0 Å². The van der Waals surface area contributed by atoms with E-state index < -0.39 is 0 Å². The molecule has 3 rings (SSSR count). The number of likely N-dealkylation sites (tertiary alicyclic amines) is 1. The quantitative estimate of drug-likeness (QED) is 0.847. The van der Waals surface area contributed by atoms with E-state index in [-0.39, 0.29) is 17.9 Å². The van der Waals surface area contributed by atoms with Gasteiger partial charge in [0.15, 0.2) is 0 Å². The van der Waals surface area contributed by atoms with Crippen LogP contribution in [0.1, 0.15) is 37.6 Å². The number of hydrogen-bond donors (Lipinski definition) is 2. The van der Waals surface area contributed by atoms with Crippen molar-refractivity contribution in [3.63, 3.8) is 0 Å². The summed E-state index contributed by atoms with van der Waals surface area (Å²) in [5.41, 5.74) is 2.30. The lowest BCUT2D eigenvalue weighted by atomic mass is 10.1. The Morgan fingerprint density at radius 1 is 1.11 bits per heavy atom. The predicted molar refractivity (Wildman–Crippen MR) is 104 cm³/mol. The number of aromatic nitrogens is 2. The number of nitrogens with zero attached hydrogens (tertiary/aromatic N) is 3. The minimum Gasteiger partial charge on any atom is -0.366 e. The van der Waals surface area contributed by atoms with Crippen LogP contribution in [0.25, 0.3) is 11.3 Å². The van der Waals surface area contributed by atoms with Crippen LogP contribution in [0, 0.1) is 0 Å². The van der Waals surface area contributed by atoms with Gasteiger partial charge in [-0.1, -0.05) is 12.1 Å². The molecule has 1 aliphatic heterocycles. The molecule has 0 aliphatic carbocycles. The lowest BCUT2D eigenvalue weighted by Gasteiger charge is -2.17. The fourth-order valence-corrected chi connectivity index (χ4v) is 3.18. The van der Waals surface area contributed by atoms with Gasteiger partial charge in [-0.3, -0.25) is 9.59 Å². The van der Waals surface area contributed by atoms with Crippen LogP contribution in [-0.4, -0.2) is 52.1 Å². The maximum absolute atomic E-state index is 12.7. The minimum atomic E-state index is -0.0608. The molecule has 0 bridgehead atoms. The normalized spacial score (nSPS) is 16.4. The summed E-state index contributed by atoms with van der Waals surface area (Å²) in [4.78, 5) is 25.6. The molecule has 0 saturated carbocycles. The number of benzene rings is 1. The van der Waals surface area contributed by atoms with Crippen molar-refractivity contribution in [3.8, 4) is 11.3 Å². The van der Waals surface area contributed by atoms with Gasteiger partial charge in [-0.15, -0.1) is 10.2 Å². The van der Waals surface area contributed by atoms with Crippen molar-refractivity contribution in [3.05, 3.63) is 42.0 Å². The Bertz CT molecular complexity index is 802. The Balaban J connectivity index is 1.65. The van der Waals surface area contributed by atoms with Gasteiger partial charge in [0.1, 0.15) is 5.82 Å². The topological polar surface area (TPSA) is 87.2 Å². The third-order valence-electron chi connectivity index (χ3n) is 4.41. The van der Waals surface area contributed by atoms with Gasteiger partial charge in [-0.05, 0) is 44.5 Å². The van der Waals surface area contributed by atoms with Crippen molar-refractivity contribution in [1.29, 1.82) is 0 Å². The summed E-state index contributed by atoms with van der Waals surface area (Å²) in [6.45, 7) is 6.79. The van der Waals surface area contributed by atoms with Crippen molar-refractivity contribution < 1.29 is 9.59 Å². The second kappa shape index (κ2) is 8.16. The Labute approximate surface area is 159 Å². The number of anilines is 1. The molecule has 1 aliphatic rings. The van der Waals surface area contributed by atoms with E-state index in [2.05, 4.69) is 20.8 Å². The Morgan fingerprint density at radius 2 is 1.85 bits per heavy atom. The van der Waals surface area contributed by atoms with E-state index in [4.69, 9.17) is 0 Å². The average molecular weight is 367 g/mol. The molecule has 1 aromatic carbocycles. The molecule has 1 fully saturated rings. The molecule has 1 saturated heterocycles. The largest absolute Gasteiger partial charge is 0.366 e. The fourth-order valence-electron chi connectivity index (χ4n) is 3.18. The maximum atomic E-state index is 12.7. The van der Waals surface area contributed by atoms with E-state index in [0.717, 1.165) is 23.5 Å². The second-order valence-corrected chi connectivity index (χ2v) is 7.12. The van der Waals surface area contributed by atoms with Gasteiger partial charge >= 0.3 is 0 Å². The number of rotatable bonds is 5. The van der Waals surface area contributed by atoms with Crippen molar-refractivity contribution in [1.82, 2.24) is 20.4 Å². The second-order valence-electron chi connectivity index (χ2n) is 7.12. The highest BCUT2D eigenvalue weighted by Crippen LogP contribution is 2.20. The van der Waals surface area contributed by atoms with Crippen LogP contribution < -0.4 is 10.6 Å². The lowest BCUT2D eigenvalue weighted by Crippen LogP contribution is -2.37. The molecule has 2 aromatic rings. The van der Waals surface area contributed by atoms with Crippen molar-refractivity contribution in [2.24, 2.45) is 0 Å². The third-order valence-corrected chi connectivity index (χ3v) is 4.41. The summed E-state index contributed by atoms with van der Waals surface area (Å²) >= 11 is 0. The Hall–Kier alpha value is -2.96. The molecule has 1 atom stereocenters. The van der Waals surface area contributed by atoms with E-state index in [1.165, 1.54) is 6.92 Å². The number of hydrogen-bond acceptors (Lipinski definition) is 5. The number of amides is 2. The van der Waals surface area contributed by atoms with Gasteiger partial charge in [-0.25, -0.2) is 0 Å². The van der Waals surface area contributed by atoms with Crippen molar-refractivity contribution >= 4 is 17.6 Å². The lowest BCUT2D eigenvalue weighted by molar-refractivity contribution is -0.119. The molecular formula is C20H25N5O2. The minimum absolute atomic E-state index is 0.0167. The first-order valence-electron chi connectivity index (χ1n) is 9.19. The number of nitrogens with one attached hydrogen (secondary N) is 2. The first-order valence-corrected chi connectivity index (χ1v) is 9.19. The molecule has 7 nitrogen and oxygen atoms in total. The monoisotopic (exact) mass is 367 g/mol. The summed E-state index contributed by atoms with van der Waals surface area (Å²) in [7, 11) is 0. The van der Waals surface area contributed by atoms with Gasteiger partial charge in [0.05, 0.1) is 5.69 Å². The highest BCUT2D eigenvalue weighted by molar-refractivity contribution is 5.95. The van der Waals surface area contributed by atoms with E-state index in [1.54, 1.807) is 4.90 Å². The highest BCUT2D eigenvalue weighted by atomic mass is 16.2. The van der Waals surface area contributed by atoms with Crippen LogP contribution in [0.15, 0.2) is 36.4 Å². The Morgan fingerprint density at radius 3 is 2.44 bits per heavy atom. The molecule has 1 aromatic heterocycles. The van der Waals surface area contributed by atoms with Gasteiger partial charge in [0.25, 0.3) is 5.91 Å². The molecule has 0 radical (unpaired) electrons. The molecule has 7 heteroatoms. The van der Waals surface area contributed by atoms with Crippen LogP contribution in [0.4, 0.5) is 5.82 Å². The number of carbonyl (C=O) groups is 2.